The second kappa shape index (κ2) is 11.3. The Labute approximate surface area is 230 Å². The summed E-state index contributed by atoms with van der Waals surface area (Å²) in [4.78, 5) is 25.7. The molecule has 5 rings (SSSR count). The Morgan fingerprint density at radius 2 is 0.895 bits per heavy atom. The average molecular weight is 539 g/mol. The smallest absolute Gasteiger partial charge is 0.194 e. The Bertz CT molecular complexity index is 1580. The molecule has 0 fully saturated rings. The van der Waals surface area contributed by atoms with Gasteiger partial charge in [0.25, 0.3) is 0 Å². The first-order valence-electron chi connectivity index (χ1n) is 11.7. The molecule has 0 N–H and O–H groups in total. The quantitative estimate of drug-likeness (QED) is 0.185. The number of rotatable bonds is 8. The molecule has 4 nitrogen and oxygen atoms in total. The van der Waals surface area contributed by atoms with E-state index < -0.39 is 0 Å². The number of hydrogen-bond donors (Lipinski definition) is 0. The van der Waals surface area contributed by atoms with Crippen LogP contribution in [0.5, 0.6) is 23.0 Å². The third-order valence-corrected chi connectivity index (χ3v) is 6.30. The SMILES string of the molecule is O=C(c1ccc(Oc2ccccc2)cc1)c1ccc(Oc2ccc(C(=O)c3cc(Cl)ccc3Cl)cc2)cc1. The monoisotopic (exact) mass is 538 g/mol. The molecule has 0 bridgehead atoms. The maximum Gasteiger partial charge on any atom is 0.194 e. The predicted octanol–water partition coefficient (Wildman–Crippen LogP) is 9.04. The van der Waals surface area contributed by atoms with Crippen LogP contribution in [-0.2, 0) is 0 Å². The van der Waals surface area contributed by atoms with Gasteiger partial charge >= 0.3 is 0 Å². The van der Waals surface area contributed by atoms with Crippen LogP contribution in [0.25, 0.3) is 0 Å². The number of ketones is 2. The highest BCUT2D eigenvalue weighted by atomic mass is 35.5. The molecule has 0 amide bonds. The summed E-state index contributed by atoms with van der Waals surface area (Å²) in [5.41, 5.74) is 1.89. The first kappa shape index (κ1) is 25.3. The van der Waals surface area contributed by atoms with Crippen molar-refractivity contribution < 1.29 is 19.1 Å². The number of carbonyl (C=O) groups excluding carboxylic acids is 2. The molecule has 6 heteroatoms. The van der Waals surface area contributed by atoms with E-state index in [9.17, 15) is 9.59 Å². The van der Waals surface area contributed by atoms with Crippen molar-refractivity contribution in [3.05, 3.63) is 154 Å². The minimum Gasteiger partial charge on any atom is -0.457 e. The van der Waals surface area contributed by atoms with Gasteiger partial charge in [-0.3, -0.25) is 9.59 Å². The number of para-hydroxylation sites is 1. The zero-order valence-corrected chi connectivity index (χ0v) is 21.4. The molecule has 0 spiro atoms. The van der Waals surface area contributed by atoms with Gasteiger partial charge in [-0.25, -0.2) is 0 Å². The molecular formula is C32H20Cl2O4. The van der Waals surface area contributed by atoms with Crippen molar-refractivity contribution in [3.63, 3.8) is 0 Å². The molecule has 0 aliphatic heterocycles. The zero-order chi connectivity index (χ0) is 26.5. The molecule has 0 aliphatic carbocycles. The van der Waals surface area contributed by atoms with E-state index in [1.54, 1.807) is 91.0 Å². The normalized spacial score (nSPS) is 10.6. The fraction of sp³-hybridized carbons (Fsp3) is 0. The van der Waals surface area contributed by atoms with Crippen molar-refractivity contribution >= 4 is 34.8 Å². The van der Waals surface area contributed by atoms with Crippen LogP contribution in [-0.4, -0.2) is 11.6 Å². The number of ether oxygens (including phenoxy) is 2. The molecule has 0 atom stereocenters. The fourth-order valence-corrected chi connectivity index (χ4v) is 4.15. The van der Waals surface area contributed by atoms with Crippen LogP contribution in [0.3, 0.4) is 0 Å². The second-order valence-corrected chi connectivity index (χ2v) is 9.22. The van der Waals surface area contributed by atoms with E-state index in [1.165, 1.54) is 0 Å². The van der Waals surface area contributed by atoms with Gasteiger partial charge in [0.05, 0.1) is 5.02 Å². The molecule has 0 heterocycles. The van der Waals surface area contributed by atoms with Crippen LogP contribution < -0.4 is 9.47 Å². The summed E-state index contributed by atoms with van der Waals surface area (Å²) in [6, 6.07) is 34.9. The van der Waals surface area contributed by atoms with Crippen LogP contribution in [0.4, 0.5) is 0 Å². The van der Waals surface area contributed by atoms with E-state index in [4.69, 9.17) is 32.7 Å². The van der Waals surface area contributed by atoms with Crippen molar-refractivity contribution in [1.29, 1.82) is 0 Å². The summed E-state index contributed by atoms with van der Waals surface area (Å²) in [5.74, 6) is 2.16. The summed E-state index contributed by atoms with van der Waals surface area (Å²) in [6.07, 6.45) is 0. The maximum absolute atomic E-state index is 12.9. The lowest BCUT2D eigenvalue weighted by Crippen LogP contribution is -2.02. The summed E-state index contributed by atoms with van der Waals surface area (Å²) in [5, 5.41) is 0.777. The molecule has 186 valence electrons. The number of carbonyl (C=O) groups is 2. The van der Waals surface area contributed by atoms with Crippen LogP contribution in [0.15, 0.2) is 121 Å². The van der Waals surface area contributed by atoms with Gasteiger partial charge in [-0.15, -0.1) is 0 Å². The van der Waals surface area contributed by atoms with Crippen molar-refractivity contribution in [1.82, 2.24) is 0 Å². The fourth-order valence-electron chi connectivity index (χ4n) is 3.78. The molecule has 5 aromatic carbocycles. The van der Waals surface area contributed by atoms with E-state index in [0.717, 1.165) is 5.75 Å². The highest BCUT2D eigenvalue weighted by Gasteiger charge is 2.14. The Morgan fingerprint density at radius 1 is 0.474 bits per heavy atom. The minimum atomic E-state index is -0.230. The van der Waals surface area contributed by atoms with Crippen LogP contribution in [0, 0.1) is 0 Å². The van der Waals surface area contributed by atoms with Crippen LogP contribution in [0.1, 0.15) is 31.8 Å². The van der Waals surface area contributed by atoms with E-state index >= 15 is 0 Å². The lowest BCUT2D eigenvalue weighted by Gasteiger charge is -2.09. The van der Waals surface area contributed by atoms with Gasteiger partial charge in [0.15, 0.2) is 11.6 Å². The van der Waals surface area contributed by atoms with E-state index in [1.807, 2.05) is 30.3 Å². The van der Waals surface area contributed by atoms with E-state index in [0.29, 0.717) is 49.5 Å². The molecule has 5 aromatic rings. The molecular weight excluding hydrogens is 519 g/mol. The topological polar surface area (TPSA) is 52.6 Å². The van der Waals surface area contributed by atoms with E-state index in [-0.39, 0.29) is 11.6 Å². The zero-order valence-electron chi connectivity index (χ0n) is 19.9. The molecule has 0 saturated heterocycles. The summed E-state index contributed by atoms with van der Waals surface area (Å²) in [6.45, 7) is 0. The number of hydrogen-bond acceptors (Lipinski definition) is 4. The molecule has 0 radical (unpaired) electrons. The van der Waals surface area contributed by atoms with Gasteiger partial charge in [0, 0.05) is 27.3 Å². The van der Waals surface area contributed by atoms with Crippen molar-refractivity contribution in [3.8, 4) is 23.0 Å². The lowest BCUT2D eigenvalue weighted by molar-refractivity contribution is 0.103. The second-order valence-electron chi connectivity index (χ2n) is 8.37. The van der Waals surface area contributed by atoms with Gasteiger partial charge in [-0.1, -0.05) is 41.4 Å². The van der Waals surface area contributed by atoms with Crippen molar-refractivity contribution in [2.24, 2.45) is 0 Å². The van der Waals surface area contributed by atoms with Crippen molar-refractivity contribution in [2.45, 2.75) is 0 Å². The third kappa shape index (κ3) is 5.94. The predicted molar refractivity (Wildman–Crippen MR) is 149 cm³/mol. The molecule has 0 aromatic heterocycles. The molecule has 0 aliphatic rings. The first-order chi connectivity index (χ1) is 18.5. The average Bonchev–Trinajstić information content (AvgIpc) is 2.95. The van der Waals surface area contributed by atoms with Gasteiger partial charge in [-0.05, 0) is 103 Å². The lowest BCUT2D eigenvalue weighted by atomic mass is 10.0. The highest BCUT2D eigenvalue weighted by molar-refractivity contribution is 6.36. The molecule has 0 saturated carbocycles. The van der Waals surface area contributed by atoms with E-state index in [2.05, 4.69) is 0 Å². The minimum absolute atomic E-state index is 0.106. The maximum atomic E-state index is 12.9. The first-order valence-corrected chi connectivity index (χ1v) is 12.5. The highest BCUT2D eigenvalue weighted by Crippen LogP contribution is 2.27. The Morgan fingerprint density at radius 3 is 1.37 bits per heavy atom. The van der Waals surface area contributed by atoms with Gasteiger partial charge < -0.3 is 9.47 Å². The number of benzene rings is 5. The van der Waals surface area contributed by atoms with Crippen molar-refractivity contribution in [2.75, 3.05) is 0 Å². The summed E-state index contributed by atoms with van der Waals surface area (Å²) in [7, 11) is 0. The third-order valence-electron chi connectivity index (χ3n) is 5.74. The standard InChI is InChI=1S/C32H20Cl2O4/c33-24-12-19-30(34)29(20-24)32(36)23-10-17-28(18-11-23)38-27-15-8-22(9-16-27)31(35)21-6-13-26(14-7-21)37-25-4-2-1-3-5-25/h1-20H. The van der Waals surface area contributed by atoms with Crippen LogP contribution in [0.2, 0.25) is 10.0 Å². The summed E-state index contributed by atoms with van der Waals surface area (Å²) < 4.78 is 11.7. The largest absolute Gasteiger partial charge is 0.457 e. The van der Waals surface area contributed by atoms with Gasteiger partial charge in [0.1, 0.15) is 23.0 Å². The molecule has 38 heavy (non-hydrogen) atoms. The van der Waals surface area contributed by atoms with Gasteiger partial charge in [0.2, 0.25) is 0 Å². The Balaban J connectivity index is 1.22. The number of halogens is 2. The van der Waals surface area contributed by atoms with Crippen LogP contribution >= 0.6 is 23.2 Å². The van der Waals surface area contributed by atoms with Gasteiger partial charge in [-0.2, -0.15) is 0 Å². The Hall–Kier alpha value is -4.38. The Kier molecular flexibility index (Phi) is 7.55. The summed E-state index contributed by atoms with van der Waals surface area (Å²) >= 11 is 12.2. The molecule has 0 unspecified atom stereocenters.